The fraction of sp³-hybridized carbons (Fsp3) is 0.318. The zero-order valence-electron chi connectivity index (χ0n) is 15.5. The maximum atomic E-state index is 13.4. The molecule has 0 spiro atoms. The van der Waals surface area contributed by atoms with E-state index in [1.165, 1.54) is 19.1 Å². The van der Waals surface area contributed by atoms with Gasteiger partial charge in [-0.2, -0.15) is 0 Å². The maximum Gasteiger partial charge on any atom is 0.238 e. The van der Waals surface area contributed by atoms with E-state index in [0.29, 0.717) is 23.6 Å². The van der Waals surface area contributed by atoms with Crippen LogP contribution in [0.3, 0.4) is 0 Å². The number of amides is 2. The van der Waals surface area contributed by atoms with Crippen LogP contribution in [0.25, 0.3) is 0 Å². The third-order valence-corrected chi connectivity index (χ3v) is 6.32. The molecule has 0 N–H and O–H groups in total. The maximum absolute atomic E-state index is 13.4. The first-order chi connectivity index (χ1) is 13.6. The molecule has 6 rings (SSSR count). The van der Waals surface area contributed by atoms with E-state index in [0.717, 1.165) is 11.1 Å². The van der Waals surface area contributed by atoms with Crippen LogP contribution in [0.5, 0.6) is 11.5 Å². The number of ether oxygens (including phenoxy) is 2. The van der Waals surface area contributed by atoms with Gasteiger partial charge in [-0.15, -0.1) is 0 Å². The van der Waals surface area contributed by atoms with Gasteiger partial charge in [0, 0.05) is 18.4 Å². The van der Waals surface area contributed by atoms with Crippen molar-refractivity contribution in [3.05, 3.63) is 53.6 Å². The predicted molar refractivity (Wildman–Crippen MR) is 101 cm³/mol. The number of hydrogen-bond donors (Lipinski definition) is 0. The molecule has 1 heterocycles. The molecule has 4 aliphatic rings. The quantitative estimate of drug-likeness (QED) is 0.769. The minimum Gasteiger partial charge on any atom is -0.497 e. The van der Waals surface area contributed by atoms with Crippen LogP contribution in [-0.2, 0) is 14.4 Å². The molecule has 4 atom stereocenters. The fourth-order valence-electron chi connectivity index (χ4n) is 5.17. The van der Waals surface area contributed by atoms with Gasteiger partial charge in [0.2, 0.25) is 11.8 Å². The molecule has 3 aliphatic carbocycles. The number of methoxy groups -OCH3 is 2. The molecular formula is C22H19NO5. The summed E-state index contributed by atoms with van der Waals surface area (Å²) in [6.07, 6.45) is 0.310. The van der Waals surface area contributed by atoms with Crippen molar-refractivity contribution in [3.63, 3.8) is 0 Å². The summed E-state index contributed by atoms with van der Waals surface area (Å²) in [7, 11) is 3.01. The number of ketones is 1. The van der Waals surface area contributed by atoms with Crippen molar-refractivity contribution in [1.82, 2.24) is 0 Å². The molecular weight excluding hydrogens is 358 g/mol. The Bertz CT molecular complexity index is 1030. The predicted octanol–water partition coefficient (Wildman–Crippen LogP) is 2.66. The number of hydrogen-bond acceptors (Lipinski definition) is 5. The van der Waals surface area contributed by atoms with Crippen LogP contribution in [0.4, 0.5) is 5.69 Å². The van der Waals surface area contributed by atoms with Crippen LogP contribution in [0.2, 0.25) is 0 Å². The summed E-state index contributed by atoms with van der Waals surface area (Å²) in [5, 5.41) is 0. The Morgan fingerprint density at radius 1 is 0.893 bits per heavy atom. The summed E-state index contributed by atoms with van der Waals surface area (Å²) in [4.78, 5) is 40.8. The lowest BCUT2D eigenvalue weighted by Crippen LogP contribution is -2.44. The highest BCUT2D eigenvalue weighted by molar-refractivity contribution is 6.25. The van der Waals surface area contributed by atoms with Crippen molar-refractivity contribution in [3.8, 4) is 11.5 Å². The number of benzene rings is 2. The van der Waals surface area contributed by atoms with Crippen LogP contribution >= 0.6 is 0 Å². The molecule has 0 aromatic heterocycles. The molecule has 1 aliphatic heterocycles. The lowest BCUT2D eigenvalue weighted by molar-refractivity contribution is -0.134. The van der Waals surface area contributed by atoms with Crippen LogP contribution in [0.1, 0.15) is 29.4 Å². The minimum atomic E-state index is -0.649. The molecule has 0 unspecified atom stereocenters. The van der Waals surface area contributed by atoms with Crippen LogP contribution in [-0.4, -0.2) is 31.8 Å². The SMILES string of the molecule is COc1ccc(OC)c(N2C(=O)[C@@H]3[C@@H](C2=O)[C@H]2CC(=O)[C@@H]3c3ccccc32)c1. The van der Waals surface area contributed by atoms with Gasteiger partial charge in [-0.1, -0.05) is 24.3 Å². The van der Waals surface area contributed by atoms with Gasteiger partial charge in [-0.3, -0.25) is 14.4 Å². The van der Waals surface area contributed by atoms with Gasteiger partial charge in [-0.25, -0.2) is 4.90 Å². The highest BCUT2D eigenvalue weighted by Gasteiger charge is 2.63. The van der Waals surface area contributed by atoms with E-state index < -0.39 is 17.8 Å². The first-order valence-corrected chi connectivity index (χ1v) is 9.28. The molecule has 2 aromatic carbocycles. The molecule has 2 aromatic rings. The normalized spacial score (nSPS) is 27.6. The van der Waals surface area contributed by atoms with Gasteiger partial charge in [-0.05, 0) is 23.3 Å². The number of carbonyl (C=O) groups is 3. The molecule has 2 amide bonds. The molecule has 1 saturated heterocycles. The average Bonchev–Trinajstić information content (AvgIpc) is 2.99. The Kier molecular flexibility index (Phi) is 3.59. The van der Waals surface area contributed by atoms with E-state index in [2.05, 4.69) is 0 Å². The van der Waals surface area contributed by atoms with Crippen LogP contribution in [0, 0.1) is 11.8 Å². The van der Waals surface area contributed by atoms with E-state index in [1.807, 2.05) is 24.3 Å². The summed E-state index contributed by atoms with van der Waals surface area (Å²) in [6, 6.07) is 12.7. The Balaban J connectivity index is 1.65. The molecule has 142 valence electrons. The number of nitrogens with zero attached hydrogens (tertiary/aromatic N) is 1. The number of fused-ring (bicyclic) bond motifs is 1. The highest BCUT2D eigenvalue weighted by Crippen LogP contribution is 2.58. The van der Waals surface area contributed by atoms with E-state index >= 15 is 0 Å². The van der Waals surface area contributed by atoms with E-state index in [4.69, 9.17) is 9.47 Å². The van der Waals surface area contributed by atoms with Crippen molar-refractivity contribution in [1.29, 1.82) is 0 Å². The van der Waals surface area contributed by atoms with Gasteiger partial charge < -0.3 is 9.47 Å². The molecule has 2 fully saturated rings. The Labute approximate surface area is 162 Å². The van der Waals surface area contributed by atoms with Gasteiger partial charge >= 0.3 is 0 Å². The second kappa shape index (κ2) is 5.92. The van der Waals surface area contributed by atoms with Crippen molar-refractivity contribution in [2.75, 3.05) is 19.1 Å². The standard InChI is InChI=1S/C22H19NO5/c1-27-11-7-8-17(28-2)15(9-11)23-21(25)19-14-10-16(24)18(20(19)22(23)26)13-6-4-3-5-12(13)14/h3-9,14,18-20H,10H2,1-2H3/t14-,18-,19-,20-/m0/s1. The van der Waals surface area contributed by atoms with Gasteiger partial charge in [0.05, 0.1) is 37.7 Å². The summed E-state index contributed by atoms with van der Waals surface area (Å²) >= 11 is 0. The molecule has 2 bridgehead atoms. The van der Waals surface area contributed by atoms with E-state index in [1.54, 1.807) is 18.2 Å². The van der Waals surface area contributed by atoms with Crippen LogP contribution in [0.15, 0.2) is 42.5 Å². The summed E-state index contributed by atoms with van der Waals surface area (Å²) < 4.78 is 10.7. The van der Waals surface area contributed by atoms with Gasteiger partial charge in [0.25, 0.3) is 0 Å². The monoisotopic (exact) mass is 377 g/mol. The summed E-state index contributed by atoms with van der Waals surface area (Å²) in [6.45, 7) is 0. The molecule has 6 heteroatoms. The topological polar surface area (TPSA) is 72.9 Å². The summed E-state index contributed by atoms with van der Waals surface area (Å²) in [5.74, 6) is -1.58. The number of imide groups is 1. The first kappa shape index (κ1) is 17.0. The van der Waals surface area contributed by atoms with E-state index in [9.17, 15) is 14.4 Å². The number of Topliss-reactive ketones (excluding diaryl/α,β-unsaturated/α-hetero) is 1. The van der Waals surface area contributed by atoms with Crippen molar-refractivity contribution < 1.29 is 23.9 Å². The minimum absolute atomic E-state index is 0.0468. The van der Waals surface area contributed by atoms with Gasteiger partial charge in [0.15, 0.2) is 0 Å². The van der Waals surface area contributed by atoms with Crippen LogP contribution < -0.4 is 14.4 Å². The number of carbonyl (C=O) groups excluding carboxylic acids is 3. The zero-order chi connectivity index (χ0) is 19.6. The largest absolute Gasteiger partial charge is 0.497 e. The second-order valence-corrected chi connectivity index (χ2v) is 7.48. The van der Waals surface area contributed by atoms with Crippen molar-refractivity contribution in [2.24, 2.45) is 11.8 Å². The third kappa shape index (κ3) is 2.06. The Morgan fingerprint density at radius 3 is 2.32 bits per heavy atom. The number of anilines is 1. The molecule has 1 saturated carbocycles. The van der Waals surface area contributed by atoms with Gasteiger partial charge in [0.1, 0.15) is 17.3 Å². The fourth-order valence-corrected chi connectivity index (χ4v) is 5.17. The van der Waals surface area contributed by atoms with Crippen molar-refractivity contribution >= 4 is 23.3 Å². The Morgan fingerprint density at radius 2 is 1.61 bits per heavy atom. The van der Waals surface area contributed by atoms with Crippen molar-refractivity contribution in [2.45, 2.75) is 18.3 Å². The lowest BCUT2D eigenvalue weighted by atomic mass is 9.56. The second-order valence-electron chi connectivity index (χ2n) is 7.48. The number of rotatable bonds is 3. The molecule has 28 heavy (non-hydrogen) atoms. The van der Waals surface area contributed by atoms with E-state index in [-0.39, 0.29) is 23.5 Å². The molecule has 6 nitrogen and oxygen atoms in total. The summed E-state index contributed by atoms with van der Waals surface area (Å²) in [5.41, 5.74) is 2.28. The first-order valence-electron chi connectivity index (χ1n) is 9.28. The smallest absolute Gasteiger partial charge is 0.238 e. The lowest BCUT2D eigenvalue weighted by Gasteiger charge is -2.43. The average molecular weight is 377 g/mol. The Hall–Kier alpha value is -3.15. The zero-order valence-corrected chi connectivity index (χ0v) is 15.5. The third-order valence-electron chi connectivity index (χ3n) is 6.32. The molecule has 0 radical (unpaired) electrons. The highest BCUT2D eigenvalue weighted by atomic mass is 16.5.